The summed E-state index contributed by atoms with van der Waals surface area (Å²) < 4.78 is 1.25. The van der Waals surface area contributed by atoms with Gasteiger partial charge in [-0.2, -0.15) is 0 Å². The van der Waals surface area contributed by atoms with Crippen molar-refractivity contribution in [2.24, 2.45) is 11.8 Å². The van der Waals surface area contributed by atoms with Crippen molar-refractivity contribution in [3.63, 3.8) is 0 Å². The average Bonchev–Trinajstić information content (AvgIpc) is 2.77. The molecule has 2 aromatic rings. The Kier molecular flexibility index (Phi) is 4.10. The minimum Gasteiger partial charge on any atom is -0.271 e. The number of para-hydroxylation sites is 1. The van der Waals surface area contributed by atoms with Gasteiger partial charge in [0.15, 0.2) is 0 Å². The van der Waals surface area contributed by atoms with Crippen molar-refractivity contribution >= 4 is 21.6 Å². The third kappa shape index (κ3) is 2.83. The van der Waals surface area contributed by atoms with E-state index < -0.39 is 0 Å². The molecule has 3 nitrogen and oxygen atoms in total. The highest BCUT2D eigenvalue weighted by Gasteiger charge is 2.16. The molecule has 2 rings (SSSR count). The summed E-state index contributed by atoms with van der Waals surface area (Å²) in [6.07, 6.45) is 2.03. The highest BCUT2D eigenvalue weighted by atomic mass is 32.1. The molecule has 3 N–H and O–H groups in total. The highest BCUT2D eigenvalue weighted by molar-refractivity contribution is 7.18. The zero-order chi connectivity index (χ0) is 12.3. The van der Waals surface area contributed by atoms with Gasteiger partial charge in [-0.1, -0.05) is 32.4 Å². The molecule has 0 fully saturated rings. The number of thiazole rings is 1. The molecule has 0 saturated heterocycles. The summed E-state index contributed by atoms with van der Waals surface area (Å²) in [6, 6.07) is 8.56. The lowest BCUT2D eigenvalue weighted by Gasteiger charge is -2.20. The number of aromatic nitrogens is 1. The second kappa shape index (κ2) is 5.58. The zero-order valence-electron chi connectivity index (χ0n) is 10.3. The Morgan fingerprint density at radius 2 is 2.18 bits per heavy atom. The van der Waals surface area contributed by atoms with Crippen molar-refractivity contribution in [1.82, 2.24) is 10.4 Å². The fourth-order valence-electron chi connectivity index (χ4n) is 1.90. The van der Waals surface area contributed by atoms with Crippen LogP contribution in [0.3, 0.4) is 0 Å². The molecule has 0 saturated carbocycles. The normalized spacial score (nSPS) is 15.0. The molecular weight excluding hydrogens is 230 g/mol. The van der Waals surface area contributed by atoms with Crippen LogP contribution in [0.15, 0.2) is 24.3 Å². The molecule has 0 aliphatic carbocycles. The molecule has 0 spiro atoms. The number of nitrogens with zero attached hydrogens (tertiary/aromatic N) is 1. The Bertz CT molecular complexity index is 447. The van der Waals surface area contributed by atoms with Gasteiger partial charge in [-0.25, -0.2) is 4.98 Å². The van der Waals surface area contributed by atoms with Gasteiger partial charge in [-0.15, -0.1) is 11.3 Å². The third-order valence-electron chi connectivity index (χ3n) is 3.28. The largest absolute Gasteiger partial charge is 0.271 e. The lowest BCUT2D eigenvalue weighted by molar-refractivity contribution is 0.370. The summed E-state index contributed by atoms with van der Waals surface area (Å²) >= 11 is 1.76. The zero-order valence-corrected chi connectivity index (χ0v) is 11.1. The lowest BCUT2D eigenvalue weighted by atomic mass is 9.97. The maximum atomic E-state index is 5.62. The quantitative estimate of drug-likeness (QED) is 0.633. The van der Waals surface area contributed by atoms with E-state index in [-0.39, 0.29) is 0 Å². The number of hydrogen-bond acceptors (Lipinski definition) is 4. The Morgan fingerprint density at radius 3 is 2.82 bits per heavy atom. The van der Waals surface area contributed by atoms with Crippen LogP contribution in [0.2, 0.25) is 0 Å². The molecule has 1 aromatic carbocycles. The first-order chi connectivity index (χ1) is 8.24. The van der Waals surface area contributed by atoms with Gasteiger partial charge in [-0.3, -0.25) is 11.3 Å². The first-order valence-corrected chi connectivity index (χ1v) is 6.86. The van der Waals surface area contributed by atoms with Gasteiger partial charge < -0.3 is 0 Å². The predicted molar refractivity (Wildman–Crippen MR) is 73.9 cm³/mol. The summed E-state index contributed by atoms with van der Waals surface area (Å²) in [5.41, 5.74) is 4.00. The highest BCUT2D eigenvalue weighted by Crippen LogP contribution is 2.23. The van der Waals surface area contributed by atoms with E-state index in [0.29, 0.717) is 12.0 Å². The maximum absolute atomic E-state index is 5.62. The minimum atomic E-state index is 0.306. The summed E-state index contributed by atoms with van der Waals surface area (Å²) in [5.74, 6) is 6.18. The Balaban J connectivity index is 2.16. The van der Waals surface area contributed by atoms with E-state index in [4.69, 9.17) is 5.84 Å². The molecule has 0 aliphatic heterocycles. The second-order valence-electron chi connectivity index (χ2n) is 4.44. The SMILES string of the molecule is CCC(C)C(Cc1nc2ccccc2s1)NN. The monoisotopic (exact) mass is 249 g/mol. The Labute approximate surface area is 106 Å². The smallest absolute Gasteiger partial charge is 0.0954 e. The molecule has 4 heteroatoms. The summed E-state index contributed by atoms with van der Waals surface area (Å²) in [5, 5.41) is 1.16. The molecule has 0 bridgehead atoms. The van der Waals surface area contributed by atoms with Crippen molar-refractivity contribution in [1.29, 1.82) is 0 Å². The first-order valence-electron chi connectivity index (χ1n) is 6.05. The second-order valence-corrected chi connectivity index (χ2v) is 5.55. The molecule has 1 heterocycles. The van der Waals surface area contributed by atoms with E-state index in [1.807, 2.05) is 6.07 Å². The molecule has 1 aromatic heterocycles. The molecule has 0 radical (unpaired) electrons. The van der Waals surface area contributed by atoms with Crippen molar-refractivity contribution in [3.05, 3.63) is 29.3 Å². The molecule has 17 heavy (non-hydrogen) atoms. The summed E-state index contributed by atoms with van der Waals surface area (Å²) in [7, 11) is 0. The number of nitrogens with two attached hydrogens (primary N) is 1. The van der Waals surface area contributed by atoms with Gasteiger partial charge >= 0.3 is 0 Å². The van der Waals surface area contributed by atoms with Crippen LogP contribution in [0.5, 0.6) is 0 Å². The number of hydrazine groups is 1. The summed E-state index contributed by atoms with van der Waals surface area (Å²) in [4.78, 5) is 4.64. The van der Waals surface area contributed by atoms with Crippen LogP contribution in [0, 0.1) is 5.92 Å². The van der Waals surface area contributed by atoms with Crippen molar-refractivity contribution in [2.75, 3.05) is 0 Å². The number of nitrogens with one attached hydrogen (secondary N) is 1. The third-order valence-corrected chi connectivity index (χ3v) is 4.34. The van der Waals surface area contributed by atoms with E-state index in [1.54, 1.807) is 11.3 Å². The van der Waals surface area contributed by atoms with Gasteiger partial charge in [0.2, 0.25) is 0 Å². The number of hydrogen-bond donors (Lipinski definition) is 2. The molecule has 2 atom stereocenters. The molecule has 2 unspecified atom stereocenters. The minimum absolute atomic E-state index is 0.306. The number of fused-ring (bicyclic) bond motifs is 1. The van der Waals surface area contributed by atoms with Crippen LogP contribution >= 0.6 is 11.3 Å². The predicted octanol–water partition coefficient (Wildman–Crippen LogP) is 2.72. The standard InChI is InChI=1S/C13H19N3S/c1-3-9(2)11(16-14)8-13-15-10-6-4-5-7-12(10)17-13/h4-7,9,11,16H,3,8,14H2,1-2H3. The van der Waals surface area contributed by atoms with E-state index in [1.165, 1.54) is 4.70 Å². The van der Waals surface area contributed by atoms with E-state index in [2.05, 4.69) is 42.5 Å². The van der Waals surface area contributed by atoms with Crippen LogP contribution in [0.1, 0.15) is 25.3 Å². The number of rotatable bonds is 5. The van der Waals surface area contributed by atoms with Gasteiger partial charge in [0.1, 0.15) is 0 Å². The van der Waals surface area contributed by atoms with Gasteiger partial charge in [-0.05, 0) is 18.1 Å². The van der Waals surface area contributed by atoms with Crippen LogP contribution in [-0.4, -0.2) is 11.0 Å². The topological polar surface area (TPSA) is 50.9 Å². The van der Waals surface area contributed by atoms with Crippen LogP contribution in [-0.2, 0) is 6.42 Å². The van der Waals surface area contributed by atoms with Gasteiger partial charge in [0, 0.05) is 12.5 Å². The molecule has 0 amide bonds. The molecule has 0 aliphatic rings. The van der Waals surface area contributed by atoms with E-state index in [0.717, 1.165) is 23.4 Å². The summed E-state index contributed by atoms with van der Waals surface area (Å²) in [6.45, 7) is 4.41. The first kappa shape index (κ1) is 12.5. The molecular formula is C13H19N3S. The van der Waals surface area contributed by atoms with Crippen LogP contribution in [0.25, 0.3) is 10.2 Å². The lowest BCUT2D eigenvalue weighted by Crippen LogP contribution is -2.41. The van der Waals surface area contributed by atoms with Crippen LogP contribution < -0.4 is 11.3 Å². The van der Waals surface area contributed by atoms with Crippen molar-refractivity contribution < 1.29 is 0 Å². The van der Waals surface area contributed by atoms with Crippen LogP contribution in [0.4, 0.5) is 0 Å². The van der Waals surface area contributed by atoms with E-state index >= 15 is 0 Å². The van der Waals surface area contributed by atoms with Crippen molar-refractivity contribution in [3.8, 4) is 0 Å². The Morgan fingerprint density at radius 1 is 1.41 bits per heavy atom. The molecule has 92 valence electrons. The van der Waals surface area contributed by atoms with Crippen molar-refractivity contribution in [2.45, 2.75) is 32.7 Å². The maximum Gasteiger partial charge on any atom is 0.0954 e. The fraction of sp³-hybridized carbons (Fsp3) is 0.462. The number of benzene rings is 1. The Hall–Kier alpha value is -0.970. The fourth-order valence-corrected chi connectivity index (χ4v) is 2.93. The van der Waals surface area contributed by atoms with Gasteiger partial charge in [0.25, 0.3) is 0 Å². The average molecular weight is 249 g/mol. The van der Waals surface area contributed by atoms with Gasteiger partial charge in [0.05, 0.1) is 15.2 Å². The van der Waals surface area contributed by atoms with E-state index in [9.17, 15) is 0 Å².